The van der Waals surface area contributed by atoms with Crippen LogP contribution in [0.1, 0.15) is 36.7 Å². The number of nitrogens with zero attached hydrogens (tertiary/aromatic N) is 2. The predicted molar refractivity (Wildman–Crippen MR) is 110 cm³/mol. The number of ether oxygens (including phenoxy) is 1. The van der Waals surface area contributed by atoms with E-state index in [0.717, 1.165) is 25.0 Å². The molecule has 3 rings (SSSR count). The third-order valence-corrected chi connectivity index (χ3v) is 4.46. The molecule has 1 N–H and O–H groups in total. The minimum atomic E-state index is -0.308. The van der Waals surface area contributed by atoms with Crippen molar-refractivity contribution in [3.05, 3.63) is 70.6 Å². The number of carbonyl (C=O) groups excluding carboxylic acids is 1. The molecule has 1 amide bonds. The average Bonchev–Trinajstić information content (AvgIpc) is 2.73. The molecule has 0 bridgehead atoms. The Kier molecular flexibility index (Phi) is 6.78. The summed E-state index contributed by atoms with van der Waals surface area (Å²) in [4.78, 5) is 25.4. The highest BCUT2D eigenvalue weighted by molar-refractivity contribution is 6.04. The maximum Gasteiger partial charge on any atom is 0.274 e. The van der Waals surface area contributed by atoms with Crippen LogP contribution in [0.5, 0.6) is 5.75 Å². The zero-order valence-corrected chi connectivity index (χ0v) is 16.1. The van der Waals surface area contributed by atoms with Gasteiger partial charge in [0.1, 0.15) is 12.4 Å². The smallest absolute Gasteiger partial charge is 0.274 e. The number of hydrogen-bond donors (Lipinski definition) is 1. The van der Waals surface area contributed by atoms with Gasteiger partial charge in [-0.05, 0) is 24.6 Å². The first-order valence-corrected chi connectivity index (χ1v) is 9.66. The Morgan fingerprint density at radius 1 is 1.04 bits per heavy atom. The minimum absolute atomic E-state index is 0.157. The highest BCUT2D eigenvalue weighted by Gasteiger charge is 2.16. The van der Waals surface area contributed by atoms with E-state index < -0.39 is 0 Å². The molecule has 0 fully saturated rings. The maximum atomic E-state index is 12.7. The summed E-state index contributed by atoms with van der Waals surface area (Å²) < 4.78 is 7.01. The van der Waals surface area contributed by atoms with Crippen LogP contribution in [0.25, 0.3) is 10.8 Å². The summed E-state index contributed by atoms with van der Waals surface area (Å²) in [6.45, 7) is 3.31. The molecule has 3 aromatic rings. The molecule has 6 nitrogen and oxygen atoms in total. The lowest BCUT2D eigenvalue weighted by atomic mass is 10.1. The number of para-hydroxylation sites is 1. The number of carbonyl (C=O) groups is 1. The Labute approximate surface area is 164 Å². The van der Waals surface area contributed by atoms with E-state index in [1.165, 1.54) is 4.68 Å². The van der Waals surface area contributed by atoms with Gasteiger partial charge in [0.05, 0.1) is 11.9 Å². The van der Waals surface area contributed by atoms with Crippen molar-refractivity contribution in [2.45, 2.75) is 32.7 Å². The molecule has 0 atom stereocenters. The quantitative estimate of drug-likeness (QED) is 0.579. The molecule has 6 heteroatoms. The van der Waals surface area contributed by atoms with E-state index in [1.54, 1.807) is 24.3 Å². The first-order valence-electron chi connectivity index (χ1n) is 9.66. The SMILES string of the molecule is CCCCCn1nc(C(=O)NCCOc2ccccc2)c2ccccc2c1=O. The molecule has 0 aliphatic heterocycles. The summed E-state index contributed by atoms with van der Waals surface area (Å²) in [5.74, 6) is 0.446. The van der Waals surface area contributed by atoms with Crippen molar-refractivity contribution in [1.82, 2.24) is 15.1 Å². The molecule has 0 aliphatic rings. The van der Waals surface area contributed by atoms with Crippen LogP contribution in [-0.4, -0.2) is 28.8 Å². The highest BCUT2D eigenvalue weighted by Crippen LogP contribution is 2.13. The lowest BCUT2D eigenvalue weighted by molar-refractivity contribution is 0.0941. The van der Waals surface area contributed by atoms with Gasteiger partial charge in [-0.1, -0.05) is 56.2 Å². The highest BCUT2D eigenvalue weighted by atomic mass is 16.5. The fourth-order valence-electron chi connectivity index (χ4n) is 3.00. The van der Waals surface area contributed by atoms with Crippen LogP contribution >= 0.6 is 0 Å². The van der Waals surface area contributed by atoms with Crippen molar-refractivity contribution in [3.63, 3.8) is 0 Å². The van der Waals surface area contributed by atoms with Crippen molar-refractivity contribution in [2.75, 3.05) is 13.2 Å². The molecule has 146 valence electrons. The largest absolute Gasteiger partial charge is 0.492 e. The third kappa shape index (κ3) is 4.76. The second kappa shape index (κ2) is 9.69. The number of fused-ring (bicyclic) bond motifs is 1. The first kappa shape index (κ1) is 19.6. The Hall–Kier alpha value is -3.15. The summed E-state index contributed by atoms with van der Waals surface area (Å²) in [5.41, 5.74) is 0.113. The van der Waals surface area contributed by atoms with E-state index in [9.17, 15) is 9.59 Å². The van der Waals surface area contributed by atoms with E-state index in [1.807, 2.05) is 30.3 Å². The number of hydrogen-bond acceptors (Lipinski definition) is 4. The molecule has 0 spiro atoms. The van der Waals surface area contributed by atoms with E-state index in [0.29, 0.717) is 30.5 Å². The number of aromatic nitrogens is 2. The molecule has 0 radical (unpaired) electrons. The summed E-state index contributed by atoms with van der Waals surface area (Å²) in [5, 5.41) is 8.28. The van der Waals surface area contributed by atoms with Crippen molar-refractivity contribution < 1.29 is 9.53 Å². The van der Waals surface area contributed by atoms with Gasteiger partial charge < -0.3 is 10.1 Å². The number of benzene rings is 2. The van der Waals surface area contributed by atoms with Crippen molar-refractivity contribution in [3.8, 4) is 5.75 Å². The predicted octanol–water partition coefficient (Wildman–Crippen LogP) is 3.40. The minimum Gasteiger partial charge on any atom is -0.492 e. The maximum absolute atomic E-state index is 12.7. The second-order valence-electron chi connectivity index (χ2n) is 6.55. The Balaban J connectivity index is 1.73. The molecule has 2 aromatic carbocycles. The fourth-order valence-corrected chi connectivity index (χ4v) is 3.00. The average molecular weight is 379 g/mol. The van der Waals surface area contributed by atoms with Crippen molar-refractivity contribution >= 4 is 16.7 Å². The molecular weight excluding hydrogens is 354 g/mol. The molecule has 28 heavy (non-hydrogen) atoms. The zero-order chi connectivity index (χ0) is 19.8. The zero-order valence-electron chi connectivity index (χ0n) is 16.1. The van der Waals surface area contributed by atoms with Crippen LogP contribution in [0.3, 0.4) is 0 Å². The van der Waals surface area contributed by atoms with Crippen LogP contribution in [0.2, 0.25) is 0 Å². The molecule has 0 unspecified atom stereocenters. The van der Waals surface area contributed by atoms with Crippen LogP contribution in [-0.2, 0) is 6.54 Å². The van der Waals surface area contributed by atoms with Crippen LogP contribution in [0, 0.1) is 0 Å². The summed E-state index contributed by atoms with van der Waals surface area (Å²) >= 11 is 0. The second-order valence-corrected chi connectivity index (χ2v) is 6.55. The van der Waals surface area contributed by atoms with Gasteiger partial charge in [-0.15, -0.1) is 0 Å². The normalized spacial score (nSPS) is 10.8. The van der Waals surface area contributed by atoms with Crippen molar-refractivity contribution in [2.24, 2.45) is 0 Å². The number of unbranched alkanes of at least 4 members (excludes halogenated alkanes) is 2. The van der Waals surface area contributed by atoms with Gasteiger partial charge in [-0.2, -0.15) is 5.10 Å². The van der Waals surface area contributed by atoms with Crippen LogP contribution in [0.15, 0.2) is 59.4 Å². The summed E-state index contributed by atoms with van der Waals surface area (Å²) in [7, 11) is 0. The van der Waals surface area contributed by atoms with Crippen molar-refractivity contribution in [1.29, 1.82) is 0 Å². The molecular formula is C22H25N3O3. The lowest BCUT2D eigenvalue weighted by Crippen LogP contribution is -2.32. The van der Waals surface area contributed by atoms with E-state index in [2.05, 4.69) is 17.3 Å². The monoisotopic (exact) mass is 379 g/mol. The lowest BCUT2D eigenvalue weighted by Gasteiger charge is -2.11. The van der Waals surface area contributed by atoms with E-state index in [-0.39, 0.29) is 17.2 Å². The van der Waals surface area contributed by atoms with Gasteiger partial charge in [-0.3, -0.25) is 9.59 Å². The standard InChI is InChI=1S/C22H25N3O3/c1-2-3-9-15-25-22(27)19-13-8-7-12-18(19)20(24-25)21(26)23-14-16-28-17-10-5-4-6-11-17/h4-8,10-13H,2-3,9,14-16H2,1H3,(H,23,26). The number of aryl methyl sites for hydroxylation is 1. The summed E-state index contributed by atoms with van der Waals surface area (Å²) in [6, 6.07) is 16.5. The van der Waals surface area contributed by atoms with Gasteiger partial charge >= 0.3 is 0 Å². The Morgan fingerprint density at radius 2 is 1.75 bits per heavy atom. The fraction of sp³-hybridized carbons (Fsp3) is 0.318. The first-order chi connectivity index (χ1) is 13.7. The number of nitrogens with one attached hydrogen (secondary N) is 1. The Morgan fingerprint density at radius 3 is 2.50 bits per heavy atom. The number of rotatable bonds is 9. The van der Waals surface area contributed by atoms with Gasteiger partial charge in [0.15, 0.2) is 5.69 Å². The topological polar surface area (TPSA) is 73.2 Å². The van der Waals surface area contributed by atoms with Crippen LogP contribution < -0.4 is 15.6 Å². The van der Waals surface area contributed by atoms with Crippen LogP contribution in [0.4, 0.5) is 0 Å². The molecule has 0 saturated heterocycles. The van der Waals surface area contributed by atoms with Gasteiger partial charge in [-0.25, -0.2) is 4.68 Å². The summed E-state index contributed by atoms with van der Waals surface area (Å²) in [6.07, 6.45) is 2.92. The third-order valence-electron chi connectivity index (χ3n) is 4.46. The molecule has 0 saturated carbocycles. The van der Waals surface area contributed by atoms with Gasteiger partial charge in [0.2, 0.25) is 0 Å². The van der Waals surface area contributed by atoms with Gasteiger partial charge in [0.25, 0.3) is 11.5 Å². The van der Waals surface area contributed by atoms with Gasteiger partial charge in [0, 0.05) is 11.9 Å². The Bertz CT molecular complexity index is 983. The van der Waals surface area contributed by atoms with E-state index >= 15 is 0 Å². The molecule has 0 aliphatic carbocycles. The molecule has 1 aromatic heterocycles. The van der Waals surface area contributed by atoms with E-state index in [4.69, 9.17) is 4.74 Å². The molecule has 1 heterocycles. The number of amides is 1.